The predicted octanol–water partition coefficient (Wildman–Crippen LogP) is 5.08. The van der Waals surface area contributed by atoms with Gasteiger partial charge in [-0.2, -0.15) is 0 Å². The maximum absolute atomic E-state index is 12.1. The number of rotatable bonds is 4. The van der Waals surface area contributed by atoms with Gasteiger partial charge in [0.2, 0.25) is 0 Å². The summed E-state index contributed by atoms with van der Waals surface area (Å²) in [5.74, 6) is -0.445. The van der Waals surface area contributed by atoms with Crippen LogP contribution in [0.4, 0.5) is 5.69 Å². The Balaban J connectivity index is 2.39. The second-order valence-electron chi connectivity index (χ2n) is 4.25. The van der Waals surface area contributed by atoms with Crippen LogP contribution in [0.3, 0.4) is 0 Å². The first-order chi connectivity index (χ1) is 10.0. The molecule has 2 rings (SSSR count). The van der Waals surface area contributed by atoms with Gasteiger partial charge in [-0.25, -0.2) is 4.79 Å². The maximum Gasteiger partial charge on any atom is 0.333 e. The molecule has 0 radical (unpaired) electrons. The summed E-state index contributed by atoms with van der Waals surface area (Å²) in [6.07, 6.45) is 0. The summed E-state index contributed by atoms with van der Waals surface area (Å²) < 4.78 is 5.75. The Morgan fingerprint density at radius 1 is 1.24 bits per heavy atom. The molecule has 0 spiro atoms. The van der Waals surface area contributed by atoms with E-state index in [1.54, 1.807) is 18.2 Å². The minimum atomic E-state index is -0.740. The topological polar surface area (TPSA) is 38.3 Å². The van der Waals surface area contributed by atoms with Gasteiger partial charge in [0.25, 0.3) is 0 Å². The summed E-state index contributed by atoms with van der Waals surface area (Å²) in [6.45, 7) is 0. The van der Waals surface area contributed by atoms with Gasteiger partial charge in [-0.3, -0.25) is 0 Å². The summed E-state index contributed by atoms with van der Waals surface area (Å²) in [5.41, 5.74) is 1.33. The van der Waals surface area contributed by atoms with Gasteiger partial charge in [0, 0.05) is 15.7 Å². The molecule has 0 saturated heterocycles. The minimum absolute atomic E-state index is 0.331. The zero-order valence-electron chi connectivity index (χ0n) is 11.1. The molecular formula is C15H12BrCl2NO2. The number of hydrogen-bond donors (Lipinski definition) is 1. The first-order valence-corrected chi connectivity index (χ1v) is 7.61. The smallest absolute Gasteiger partial charge is 0.333 e. The summed E-state index contributed by atoms with van der Waals surface area (Å²) in [7, 11) is 1.33. The van der Waals surface area contributed by atoms with Gasteiger partial charge in [-0.1, -0.05) is 57.3 Å². The van der Waals surface area contributed by atoms with Crippen LogP contribution in [0.15, 0.2) is 46.9 Å². The van der Waals surface area contributed by atoms with Crippen molar-refractivity contribution in [3.63, 3.8) is 0 Å². The molecule has 0 amide bonds. The van der Waals surface area contributed by atoms with E-state index in [1.807, 2.05) is 24.3 Å². The third-order valence-corrected chi connectivity index (χ3v) is 4.19. The average Bonchev–Trinajstić information content (AvgIpc) is 2.47. The van der Waals surface area contributed by atoms with Crippen molar-refractivity contribution >= 4 is 50.8 Å². The van der Waals surface area contributed by atoms with Crippen LogP contribution in [0, 0.1) is 0 Å². The highest BCUT2D eigenvalue weighted by atomic mass is 79.9. The highest BCUT2D eigenvalue weighted by Gasteiger charge is 2.24. The molecule has 0 fully saturated rings. The molecule has 110 valence electrons. The summed E-state index contributed by atoms with van der Waals surface area (Å²) in [5, 5.41) is 3.83. The second kappa shape index (κ2) is 7.16. The molecular weight excluding hydrogens is 377 g/mol. The number of carbonyl (C=O) groups excluding carboxylic acids is 1. The number of anilines is 1. The summed E-state index contributed by atoms with van der Waals surface area (Å²) >= 11 is 15.6. The van der Waals surface area contributed by atoms with E-state index in [4.69, 9.17) is 27.9 Å². The number of esters is 1. The standard InChI is InChI=1S/C15H12BrCl2NO2/c1-21-15(20)14(11-6-3-7-12(17)13(11)18)19-10-5-2-4-9(16)8-10/h2-8,14,19H,1H3. The molecule has 6 heteroatoms. The normalized spacial score (nSPS) is 11.8. The quantitative estimate of drug-likeness (QED) is 0.742. The van der Waals surface area contributed by atoms with Crippen LogP contribution < -0.4 is 5.32 Å². The molecule has 3 nitrogen and oxygen atoms in total. The van der Waals surface area contributed by atoms with Gasteiger partial charge in [0.1, 0.15) is 0 Å². The third-order valence-electron chi connectivity index (χ3n) is 2.86. The molecule has 0 bridgehead atoms. The van der Waals surface area contributed by atoms with Gasteiger partial charge >= 0.3 is 5.97 Å². The van der Waals surface area contributed by atoms with Crippen LogP contribution in [-0.4, -0.2) is 13.1 Å². The van der Waals surface area contributed by atoms with Crippen molar-refractivity contribution in [3.8, 4) is 0 Å². The Morgan fingerprint density at radius 3 is 2.62 bits per heavy atom. The van der Waals surface area contributed by atoms with E-state index in [0.717, 1.165) is 10.2 Å². The van der Waals surface area contributed by atoms with Crippen LogP contribution >= 0.6 is 39.1 Å². The lowest BCUT2D eigenvalue weighted by Gasteiger charge is -2.19. The van der Waals surface area contributed by atoms with Gasteiger partial charge < -0.3 is 10.1 Å². The van der Waals surface area contributed by atoms with E-state index in [2.05, 4.69) is 21.2 Å². The third kappa shape index (κ3) is 3.90. The molecule has 2 aromatic carbocycles. The Bertz CT molecular complexity index is 664. The lowest BCUT2D eigenvalue weighted by Crippen LogP contribution is -2.22. The lowest BCUT2D eigenvalue weighted by molar-refractivity contribution is -0.141. The SMILES string of the molecule is COC(=O)C(Nc1cccc(Br)c1)c1cccc(Cl)c1Cl. The molecule has 21 heavy (non-hydrogen) atoms. The van der Waals surface area contributed by atoms with Crippen molar-refractivity contribution in [2.24, 2.45) is 0 Å². The molecule has 0 aliphatic rings. The number of ether oxygens (including phenoxy) is 1. The van der Waals surface area contributed by atoms with Crippen molar-refractivity contribution in [1.82, 2.24) is 0 Å². The molecule has 1 atom stereocenters. The van der Waals surface area contributed by atoms with Crippen LogP contribution in [0.5, 0.6) is 0 Å². The monoisotopic (exact) mass is 387 g/mol. The van der Waals surface area contributed by atoms with Gasteiger partial charge in [0.05, 0.1) is 17.2 Å². The Morgan fingerprint density at radius 2 is 1.95 bits per heavy atom. The number of methoxy groups -OCH3 is 1. The first-order valence-electron chi connectivity index (χ1n) is 6.06. The van der Waals surface area contributed by atoms with Crippen molar-refractivity contribution in [2.75, 3.05) is 12.4 Å². The van der Waals surface area contributed by atoms with E-state index in [9.17, 15) is 4.79 Å². The fourth-order valence-corrected chi connectivity index (χ4v) is 2.69. The fraction of sp³-hybridized carbons (Fsp3) is 0.133. The van der Waals surface area contributed by atoms with Crippen molar-refractivity contribution < 1.29 is 9.53 Å². The number of carbonyl (C=O) groups is 1. The van der Waals surface area contributed by atoms with Gasteiger partial charge in [0.15, 0.2) is 6.04 Å². The fourth-order valence-electron chi connectivity index (χ4n) is 1.87. The van der Waals surface area contributed by atoms with Crippen molar-refractivity contribution in [1.29, 1.82) is 0 Å². The number of benzene rings is 2. The van der Waals surface area contributed by atoms with Crippen LogP contribution in [-0.2, 0) is 9.53 Å². The molecule has 0 aliphatic heterocycles. The molecule has 0 saturated carbocycles. The number of hydrogen-bond acceptors (Lipinski definition) is 3. The second-order valence-corrected chi connectivity index (χ2v) is 5.95. The zero-order chi connectivity index (χ0) is 15.4. The zero-order valence-corrected chi connectivity index (χ0v) is 14.2. The molecule has 0 aromatic heterocycles. The number of halogens is 3. The predicted molar refractivity (Wildman–Crippen MR) is 89.0 cm³/mol. The molecule has 0 aliphatic carbocycles. The highest BCUT2D eigenvalue weighted by Crippen LogP contribution is 2.32. The maximum atomic E-state index is 12.1. The molecule has 2 aromatic rings. The van der Waals surface area contributed by atoms with Gasteiger partial charge in [-0.15, -0.1) is 0 Å². The van der Waals surface area contributed by atoms with Crippen LogP contribution in [0.1, 0.15) is 11.6 Å². The summed E-state index contributed by atoms with van der Waals surface area (Å²) in [6, 6.07) is 11.9. The van der Waals surface area contributed by atoms with E-state index in [-0.39, 0.29) is 0 Å². The van der Waals surface area contributed by atoms with E-state index >= 15 is 0 Å². The Kier molecular flexibility index (Phi) is 5.51. The van der Waals surface area contributed by atoms with E-state index < -0.39 is 12.0 Å². The summed E-state index contributed by atoms with van der Waals surface area (Å²) in [4.78, 5) is 12.1. The Labute approximate surface area is 141 Å². The first kappa shape index (κ1) is 16.1. The Hall–Kier alpha value is -1.23. The average molecular weight is 389 g/mol. The minimum Gasteiger partial charge on any atom is -0.467 e. The van der Waals surface area contributed by atoms with E-state index in [1.165, 1.54) is 7.11 Å². The molecule has 0 heterocycles. The van der Waals surface area contributed by atoms with E-state index in [0.29, 0.717) is 15.6 Å². The van der Waals surface area contributed by atoms with Crippen LogP contribution in [0.25, 0.3) is 0 Å². The highest BCUT2D eigenvalue weighted by molar-refractivity contribution is 9.10. The van der Waals surface area contributed by atoms with Crippen LogP contribution in [0.2, 0.25) is 10.0 Å². The number of nitrogens with one attached hydrogen (secondary N) is 1. The molecule has 1 N–H and O–H groups in total. The van der Waals surface area contributed by atoms with Gasteiger partial charge in [-0.05, 0) is 24.3 Å². The lowest BCUT2D eigenvalue weighted by atomic mass is 10.1. The largest absolute Gasteiger partial charge is 0.467 e. The van der Waals surface area contributed by atoms with Crippen molar-refractivity contribution in [2.45, 2.75) is 6.04 Å². The molecule has 1 unspecified atom stereocenters. The van der Waals surface area contributed by atoms with Crippen molar-refractivity contribution in [3.05, 3.63) is 62.5 Å².